The van der Waals surface area contributed by atoms with Crippen molar-refractivity contribution in [3.05, 3.63) is 11.8 Å². The molecule has 1 aromatic rings. The van der Waals surface area contributed by atoms with Gasteiger partial charge in [-0.1, -0.05) is 11.8 Å². The van der Waals surface area contributed by atoms with Crippen LogP contribution in [0, 0.1) is 6.92 Å². The van der Waals surface area contributed by atoms with E-state index >= 15 is 0 Å². The molecule has 0 aromatic carbocycles. The Labute approximate surface area is 111 Å². The molecule has 0 saturated carbocycles. The van der Waals surface area contributed by atoms with Crippen molar-refractivity contribution in [3.8, 4) is 0 Å². The van der Waals surface area contributed by atoms with Gasteiger partial charge in [-0.05, 0) is 6.92 Å². The van der Waals surface area contributed by atoms with Crippen molar-refractivity contribution in [2.24, 2.45) is 0 Å². The molecule has 0 bridgehead atoms. The van der Waals surface area contributed by atoms with Crippen LogP contribution < -0.4 is 5.73 Å². The van der Waals surface area contributed by atoms with Crippen LogP contribution in [0.15, 0.2) is 11.2 Å². The van der Waals surface area contributed by atoms with Crippen molar-refractivity contribution in [2.45, 2.75) is 12.1 Å². The minimum atomic E-state index is 0.564. The Kier molecular flexibility index (Phi) is 4.94. The first-order valence-corrected chi connectivity index (χ1v) is 7.92. The molecule has 2 N–H and O–H groups in total. The lowest BCUT2D eigenvalue weighted by Crippen LogP contribution is -2.34. The highest BCUT2D eigenvalue weighted by atomic mass is 32.2. The molecule has 0 unspecified atom stereocenters. The summed E-state index contributed by atoms with van der Waals surface area (Å²) in [6.07, 6.45) is 0. The summed E-state index contributed by atoms with van der Waals surface area (Å²) >= 11 is 3.73. The topological polar surface area (TPSA) is 55.0 Å². The average molecular weight is 270 g/mol. The Hall–Kier alpha value is -0.460. The molecule has 0 aliphatic carbocycles. The predicted octanol–water partition coefficient (Wildman–Crippen LogP) is 1.51. The number of hydrogen-bond donors (Lipinski definition) is 1. The van der Waals surface area contributed by atoms with Gasteiger partial charge in [-0.15, -0.1) is 0 Å². The van der Waals surface area contributed by atoms with Gasteiger partial charge in [-0.3, -0.25) is 0 Å². The van der Waals surface area contributed by atoms with Gasteiger partial charge in [0.1, 0.15) is 5.82 Å². The number of aryl methyl sites for hydroxylation is 1. The first-order chi connectivity index (χ1) is 8.24. The molecule has 1 fully saturated rings. The number of anilines is 1. The molecule has 1 aromatic heterocycles. The molecule has 0 atom stereocenters. The normalized spacial score (nSPS) is 17.2. The third-order valence-electron chi connectivity index (χ3n) is 2.60. The Morgan fingerprint density at radius 3 is 2.88 bits per heavy atom. The minimum absolute atomic E-state index is 0.564. The predicted molar refractivity (Wildman–Crippen MR) is 75.7 cm³/mol. The number of aromatic nitrogens is 2. The molecule has 2 heterocycles. The van der Waals surface area contributed by atoms with E-state index in [0.717, 1.165) is 23.1 Å². The third-order valence-corrected chi connectivity index (χ3v) is 4.37. The SMILES string of the molecule is Cc1cc(N)nc(SCCN2CCSCC2)n1. The number of rotatable bonds is 4. The van der Waals surface area contributed by atoms with Crippen LogP contribution in [0.1, 0.15) is 5.69 Å². The molecule has 0 radical (unpaired) electrons. The summed E-state index contributed by atoms with van der Waals surface area (Å²) in [7, 11) is 0. The summed E-state index contributed by atoms with van der Waals surface area (Å²) in [5.74, 6) is 4.12. The quantitative estimate of drug-likeness (QED) is 0.661. The molecule has 1 saturated heterocycles. The Morgan fingerprint density at radius 1 is 1.41 bits per heavy atom. The van der Waals surface area contributed by atoms with Crippen molar-refractivity contribution in [2.75, 3.05) is 42.6 Å². The van der Waals surface area contributed by atoms with Crippen molar-refractivity contribution in [1.29, 1.82) is 0 Å². The maximum Gasteiger partial charge on any atom is 0.189 e. The van der Waals surface area contributed by atoms with Crippen LogP contribution in [0.2, 0.25) is 0 Å². The van der Waals surface area contributed by atoms with Crippen molar-refractivity contribution >= 4 is 29.3 Å². The first kappa shape index (κ1) is 13.0. The molecular formula is C11H18N4S2. The number of thioether (sulfide) groups is 2. The average Bonchev–Trinajstić information content (AvgIpc) is 2.29. The monoisotopic (exact) mass is 270 g/mol. The zero-order chi connectivity index (χ0) is 12.1. The van der Waals surface area contributed by atoms with E-state index in [9.17, 15) is 0 Å². The van der Waals surface area contributed by atoms with Crippen LogP contribution in [0.25, 0.3) is 0 Å². The summed E-state index contributed by atoms with van der Waals surface area (Å²) < 4.78 is 0. The lowest BCUT2D eigenvalue weighted by Gasteiger charge is -2.25. The van der Waals surface area contributed by atoms with Gasteiger partial charge in [0, 0.05) is 48.7 Å². The summed E-state index contributed by atoms with van der Waals surface area (Å²) in [4.78, 5) is 11.1. The summed E-state index contributed by atoms with van der Waals surface area (Å²) in [6, 6.07) is 1.80. The molecule has 1 aliphatic rings. The smallest absolute Gasteiger partial charge is 0.189 e. The van der Waals surface area contributed by atoms with E-state index in [1.165, 1.54) is 24.6 Å². The van der Waals surface area contributed by atoms with Crippen LogP contribution >= 0.6 is 23.5 Å². The molecule has 4 nitrogen and oxygen atoms in total. The molecule has 6 heteroatoms. The Morgan fingerprint density at radius 2 is 2.18 bits per heavy atom. The van der Waals surface area contributed by atoms with Gasteiger partial charge < -0.3 is 10.6 Å². The Bertz CT molecular complexity index is 346. The van der Waals surface area contributed by atoms with Crippen LogP contribution in [-0.4, -0.2) is 51.8 Å². The van der Waals surface area contributed by atoms with Gasteiger partial charge in [-0.2, -0.15) is 11.8 Å². The molecule has 1 aliphatic heterocycles. The van der Waals surface area contributed by atoms with E-state index in [-0.39, 0.29) is 0 Å². The van der Waals surface area contributed by atoms with Crippen molar-refractivity contribution in [3.63, 3.8) is 0 Å². The van der Waals surface area contributed by atoms with Crippen LogP contribution in [-0.2, 0) is 0 Å². The number of hydrogen-bond acceptors (Lipinski definition) is 6. The minimum Gasteiger partial charge on any atom is -0.384 e. The summed E-state index contributed by atoms with van der Waals surface area (Å²) in [5, 5.41) is 0.800. The van der Waals surface area contributed by atoms with Crippen LogP contribution in [0.4, 0.5) is 5.82 Å². The van der Waals surface area contributed by atoms with E-state index in [4.69, 9.17) is 5.73 Å². The number of nitrogen functional groups attached to an aromatic ring is 1. The van der Waals surface area contributed by atoms with Crippen LogP contribution in [0.5, 0.6) is 0 Å². The fourth-order valence-electron chi connectivity index (χ4n) is 1.72. The number of nitrogens with zero attached hydrogens (tertiary/aromatic N) is 3. The fourth-order valence-corrected chi connectivity index (χ4v) is 3.61. The van der Waals surface area contributed by atoms with E-state index in [1.54, 1.807) is 17.8 Å². The van der Waals surface area contributed by atoms with Gasteiger partial charge >= 0.3 is 0 Å². The standard InChI is InChI=1S/C11H18N4S2/c1-9-8-10(12)14-11(13-9)17-7-4-15-2-5-16-6-3-15/h8H,2-7H2,1H3,(H2,12,13,14). The highest BCUT2D eigenvalue weighted by molar-refractivity contribution is 7.99. The van der Waals surface area contributed by atoms with Gasteiger partial charge in [-0.25, -0.2) is 9.97 Å². The summed E-state index contributed by atoms with van der Waals surface area (Å²) in [6.45, 7) is 5.48. The highest BCUT2D eigenvalue weighted by Gasteiger charge is 2.10. The molecular weight excluding hydrogens is 252 g/mol. The maximum atomic E-state index is 5.70. The second kappa shape index (κ2) is 6.47. The zero-order valence-corrected chi connectivity index (χ0v) is 11.7. The molecule has 2 rings (SSSR count). The van der Waals surface area contributed by atoms with Crippen LogP contribution in [0.3, 0.4) is 0 Å². The van der Waals surface area contributed by atoms with Gasteiger partial charge in [0.25, 0.3) is 0 Å². The van der Waals surface area contributed by atoms with E-state index in [2.05, 4.69) is 14.9 Å². The second-order valence-electron chi connectivity index (χ2n) is 4.02. The largest absolute Gasteiger partial charge is 0.384 e. The fraction of sp³-hybridized carbons (Fsp3) is 0.636. The second-order valence-corrected chi connectivity index (χ2v) is 6.31. The van der Waals surface area contributed by atoms with E-state index in [0.29, 0.717) is 5.82 Å². The zero-order valence-electron chi connectivity index (χ0n) is 10.1. The Balaban J connectivity index is 1.77. The molecule has 0 spiro atoms. The first-order valence-electron chi connectivity index (χ1n) is 5.78. The maximum absolute atomic E-state index is 5.70. The lowest BCUT2D eigenvalue weighted by atomic mass is 10.4. The molecule has 94 valence electrons. The van der Waals surface area contributed by atoms with Crippen molar-refractivity contribution in [1.82, 2.24) is 14.9 Å². The highest BCUT2D eigenvalue weighted by Crippen LogP contribution is 2.16. The lowest BCUT2D eigenvalue weighted by molar-refractivity contribution is 0.322. The molecule has 0 amide bonds. The van der Waals surface area contributed by atoms with Gasteiger partial charge in [0.2, 0.25) is 0 Å². The third kappa shape index (κ3) is 4.37. The van der Waals surface area contributed by atoms with Gasteiger partial charge in [0.05, 0.1) is 0 Å². The van der Waals surface area contributed by atoms with Crippen molar-refractivity contribution < 1.29 is 0 Å². The molecule has 17 heavy (non-hydrogen) atoms. The van der Waals surface area contributed by atoms with Gasteiger partial charge in [0.15, 0.2) is 5.16 Å². The van der Waals surface area contributed by atoms with E-state index in [1.807, 2.05) is 18.7 Å². The summed E-state index contributed by atoms with van der Waals surface area (Å²) in [5.41, 5.74) is 6.64. The number of nitrogens with two attached hydrogens (primary N) is 1. The van der Waals surface area contributed by atoms with E-state index < -0.39 is 0 Å².